The Hall–Kier alpha value is -2.38. The van der Waals surface area contributed by atoms with Gasteiger partial charge in [0.1, 0.15) is 6.07 Å². The smallest absolute Gasteiger partial charge is 0.162 e. The van der Waals surface area contributed by atoms with Gasteiger partial charge in [-0.3, -0.25) is 0 Å². The monoisotopic (exact) mass is 274 g/mol. The lowest BCUT2D eigenvalue weighted by atomic mass is 10.1. The van der Waals surface area contributed by atoms with Crippen molar-refractivity contribution >= 4 is 17.3 Å². The topological polar surface area (TPSA) is 76.3 Å². The molecule has 0 atom stereocenters. The molecule has 0 aliphatic rings. The molecule has 0 spiro atoms. The number of halogens is 1. The molecule has 3 N–H and O–H groups in total. The van der Waals surface area contributed by atoms with Crippen molar-refractivity contribution in [3.63, 3.8) is 0 Å². The van der Waals surface area contributed by atoms with Crippen molar-refractivity contribution in [2.45, 2.75) is 6.54 Å². The summed E-state index contributed by atoms with van der Waals surface area (Å²) in [4.78, 5) is 0. The third kappa shape index (κ3) is 2.90. The number of hydrogen-bond acceptors (Lipinski definition) is 4. The first-order valence-corrected chi connectivity index (χ1v) is 5.93. The molecule has 0 saturated carbocycles. The van der Waals surface area contributed by atoms with Gasteiger partial charge >= 0.3 is 0 Å². The number of benzene rings is 2. The number of phenolic OH excluding ortho intramolecular Hbond substituents is 2. The molecular formula is C14H11ClN2O2. The number of nitriles is 1. The Balaban J connectivity index is 2.21. The van der Waals surface area contributed by atoms with Crippen LogP contribution in [-0.4, -0.2) is 10.2 Å². The molecule has 0 aliphatic heterocycles. The average molecular weight is 275 g/mol. The van der Waals surface area contributed by atoms with Gasteiger partial charge in [0.25, 0.3) is 0 Å². The molecular weight excluding hydrogens is 264 g/mol. The standard InChI is InChI=1S/C14H11ClN2O2/c15-11-5-4-9(7-16)12(6-11)17-8-10-2-1-3-13(18)14(10)19/h1-6,17-19H,8H2. The fourth-order valence-electron chi connectivity index (χ4n) is 1.67. The van der Waals surface area contributed by atoms with Gasteiger partial charge in [0.05, 0.1) is 11.3 Å². The molecule has 0 fully saturated rings. The first-order valence-electron chi connectivity index (χ1n) is 5.55. The Morgan fingerprint density at radius 2 is 2.00 bits per heavy atom. The van der Waals surface area contributed by atoms with Gasteiger partial charge < -0.3 is 15.5 Å². The second-order valence-electron chi connectivity index (χ2n) is 3.94. The zero-order chi connectivity index (χ0) is 13.8. The Kier molecular flexibility index (Phi) is 3.79. The van der Waals surface area contributed by atoms with Crippen molar-refractivity contribution in [2.24, 2.45) is 0 Å². The number of para-hydroxylation sites is 1. The molecule has 2 aromatic carbocycles. The Labute approximate surface area is 115 Å². The van der Waals surface area contributed by atoms with E-state index in [1.165, 1.54) is 6.07 Å². The number of hydrogen-bond donors (Lipinski definition) is 3. The third-order valence-corrected chi connectivity index (χ3v) is 2.90. The lowest BCUT2D eigenvalue weighted by molar-refractivity contribution is 0.400. The van der Waals surface area contributed by atoms with E-state index in [1.54, 1.807) is 30.3 Å². The van der Waals surface area contributed by atoms with E-state index < -0.39 is 0 Å². The quantitative estimate of drug-likeness (QED) is 0.751. The largest absolute Gasteiger partial charge is 0.504 e. The summed E-state index contributed by atoms with van der Waals surface area (Å²) in [6.45, 7) is 0.273. The number of nitrogens with one attached hydrogen (secondary N) is 1. The number of aromatic hydroxyl groups is 2. The zero-order valence-corrected chi connectivity index (χ0v) is 10.6. The van der Waals surface area contributed by atoms with E-state index >= 15 is 0 Å². The minimum absolute atomic E-state index is 0.171. The summed E-state index contributed by atoms with van der Waals surface area (Å²) in [5.74, 6) is -0.346. The van der Waals surface area contributed by atoms with Crippen LogP contribution in [0.25, 0.3) is 0 Å². The van der Waals surface area contributed by atoms with Crippen molar-refractivity contribution in [2.75, 3.05) is 5.32 Å². The normalized spacial score (nSPS) is 9.89. The van der Waals surface area contributed by atoms with E-state index in [1.807, 2.05) is 0 Å². The van der Waals surface area contributed by atoms with Crippen LogP contribution in [0.3, 0.4) is 0 Å². The molecule has 0 radical (unpaired) electrons. The minimum atomic E-state index is -0.175. The Morgan fingerprint density at radius 3 is 2.74 bits per heavy atom. The SMILES string of the molecule is N#Cc1ccc(Cl)cc1NCc1cccc(O)c1O. The summed E-state index contributed by atoms with van der Waals surface area (Å²) in [6.07, 6.45) is 0. The summed E-state index contributed by atoms with van der Waals surface area (Å²) in [6, 6.07) is 11.7. The summed E-state index contributed by atoms with van der Waals surface area (Å²) >= 11 is 5.87. The molecule has 19 heavy (non-hydrogen) atoms. The molecule has 2 rings (SSSR count). The summed E-state index contributed by atoms with van der Waals surface area (Å²) in [5.41, 5.74) is 1.57. The average Bonchev–Trinajstić information content (AvgIpc) is 2.40. The maximum absolute atomic E-state index is 9.68. The summed E-state index contributed by atoms with van der Waals surface area (Å²) < 4.78 is 0. The van der Waals surface area contributed by atoms with Crippen LogP contribution in [0.1, 0.15) is 11.1 Å². The fraction of sp³-hybridized carbons (Fsp3) is 0.0714. The number of anilines is 1. The van der Waals surface area contributed by atoms with E-state index in [2.05, 4.69) is 11.4 Å². The highest BCUT2D eigenvalue weighted by atomic mass is 35.5. The molecule has 0 unspecified atom stereocenters. The first-order chi connectivity index (χ1) is 9.11. The van der Waals surface area contributed by atoms with Gasteiger partial charge in [-0.15, -0.1) is 0 Å². The van der Waals surface area contributed by atoms with Crippen molar-refractivity contribution < 1.29 is 10.2 Å². The maximum atomic E-state index is 9.68. The predicted octanol–water partition coefficient (Wildman–Crippen LogP) is 3.23. The van der Waals surface area contributed by atoms with E-state index in [-0.39, 0.29) is 18.0 Å². The Bertz CT molecular complexity index is 650. The van der Waals surface area contributed by atoms with Crippen molar-refractivity contribution in [3.8, 4) is 17.6 Å². The Morgan fingerprint density at radius 1 is 1.21 bits per heavy atom. The maximum Gasteiger partial charge on any atom is 0.162 e. The molecule has 0 aromatic heterocycles. The lowest BCUT2D eigenvalue weighted by Crippen LogP contribution is -2.01. The summed E-state index contributed by atoms with van der Waals surface area (Å²) in [7, 11) is 0. The van der Waals surface area contributed by atoms with Gasteiger partial charge in [-0.1, -0.05) is 23.7 Å². The highest BCUT2D eigenvalue weighted by molar-refractivity contribution is 6.30. The van der Waals surface area contributed by atoms with Gasteiger partial charge in [0, 0.05) is 17.1 Å². The van der Waals surface area contributed by atoms with Crippen molar-refractivity contribution in [3.05, 3.63) is 52.5 Å². The van der Waals surface area contributed by atoms with Crippen LogP contribution in [-0.2, 0) is 6.54 Å². The van der Waals surface area contributed by atoms with Gasteiger partial charge in [-0.2, -0.15) is 5.26 Å². The number of nitrogens with zero attached hydrogens (tertiary/aromatic N) is 1. The van der Waals surface area contributed by atoms with Gasteiger partial charge in [-0.05, 0) is 24.3 Å². The van der Waals surface area contributed by atoms with Crippen LogP contribution in [0.4, 0.5) is 5.69 Å². The number of rotatable bonds is 3. The molecule has 0 aliphatic carbocycles. The van der Waals surface area contributed by atoms with Gasteiger partial charge in [0.2, 0.25) is 0 Å². The van der Waals surface area contributed by atoms with Gasteiger partial charge in [0.15, 0.2) is 11.5 Å². The molecule has 4 nitrogen and oxygen atoms in total. The van der Waals surface area contributed by atoms with E-state index in [4.69, 9.17) is 16.9 Å². The summed E-state index contributed by atoms with van der Waals surface area (Å²) in [5, 5.41) is 31.6. The van der Waals surface area contributed by atoms with Crippen LogP contribution in [0.2, 0.25) is 5.02 Å². The first kappa shape index (κ1) is 13.1. The van der Waals surface area contributed by atoms with Crippen LogP contribution in [0, 0.1) is 11.3 Å². The fourth-order valence-corrected chi connectivity index (χ4v) is 1.84. The second kappa shape index (κ2) is 5.51. The molecule has 0 heterocycles. The van der Waals surface area contributed by atoms with Crippen molar-refractivity contribution in [1.82, 2.24) is 0 Å². The molecule has 0 amide bonds. The molecule has 96 valence electrons. The highest BCUT2D eigenvalue weighted by Crippen LogP contribution is 2.29. The van der Waals surface area contributed by atoms with E-state index in [0.717, 1.165) is 0 Å². The molecule has 2 aromatic rings. The zero-order valence-electron chi connectivity index (χ0n) is 9.89. The van der Waals surface area contributed by atoms with Gasteiger partial charge in [-0.25, -0.2) is 0 Å². The number of phenols is 2. The predicted molar refractivity (Wildman–Crippen MR) is 73.3 cm³/mol. The second-order valence-corrected chi connectivity index (χ2v) is 4.38. The van der Waals surface area contributed by atoms with Crippen LogP contribution < -0.4 is 5.32 Å². The molecule has 5 heteroatoms. The molecule has 0 bridgehead atoms. The van der Waals surface area contributed by atoms with Crippen LogP contribution in [0.5, 0.6) is 11.5 Å². The van der Waals surface area contributed by atoms with Crippen LogP contribution in [0.15, 0.2) is 36.4 Å². The van der Waals surface area contributed by atoms with Crippen LogP contribution >= 0.6 is 11.6 Å². The van der Waals surface area contributed by atoms with E-state index in [0.29, 0.717) is 21.8 Å². The van der Waals surface area contributed by atoms with Crippen molar-refractivity contribution in [1.29, 1.82) is 5.26 Å². The highest BCUT2D eigenvalue weighted by Gasteiger charge is 2.07. The van der Waals surface area contributed by atoms with E-state index in [9.17, 15) is 10.2 Å². The minimum Gasteiger partial charge on any atom is -0.504 e. The lowest BCUT2D eigenvalue weighted by Gasteiger charge is -2.10. The molecule has 0 saturated heterocycles. The third-order valence-electron chi connectivity index (χ3n) is 2.67.